The van der Waals surface area contributed by atoms with Crippen LogP contribution in [0.5, 0.6) is 0 Å². The van der Waals surface area contributed by atoms with Crippen LogP contribution in [0, 0.1) is 0 Å². The van der Waals surface area contributed by atoms with E-state index in [9.17, 15) is 22.8 Å². The Labute approximate surface area is 140 Å². The fraction of sp³-hybridized carbons (Fsp3) is 0.176. The summed E-state index contributed by atoms with van der Waals surface area (Å²) in [7, 11) is 0. The number of alkyl halides is 3. The maximum absolute atomic E-state index is 12.4. The van der Waals surface area contributed by atoms with E-state index in [0.717, 1.165) is 0 Å². The molecule has 1 heterocycles. The second-order valence-electron chi connectivity index (χ2n) is 5.52. The van der Waals surface area contributed by atoms with E-state index in [1.807, 2.05) is 0 Å². The van der Waals surface area contributed by atoms with Crippen molar-refractivity contribution in [3.63, 3.8) is 0 Å². The van der Waals surface area contributed by atoms with Gasteiger partial charge in [0.15, 0.2) is 0 Å². The topological polar surface area (TPSA) is 67.4 Å². The van der Waals surface area contributed by atoms with Gasteiger partial charge in [-0.1, -0.05) is 12.1 Å². The fourth-order valence-corrected chi connectivity index (χ4v) is 2.50. The molecule has 0 atom stereocenters. The summed E-state index contributed by atoms with van der Waals surface area (Å²) in [6.07, 6.45) is -5.38. The van der Waals surface area contributed by atoms with E-state index in [2.05, 4.69) is 10.6 Å². The minimum atomic E-state index is -4.31. The van der Waals surface area contributed by atoms with Crippen LogP contribution < -0.4 is 10.6 Å². The summed E-state index contributed by atoms with van der Waals surface area (Å²) in [6, 6.07) is 9.64. The van der Waals surface area contributed by atoms with Crippen LogP contribution in [0.3, 0.4) is 0 Å². The monoisotopic (exact) mass is 350 g/mol. The highest BCUT2D eigenvalue weighted by Crippen LogP contribution is 2.24. The molecule has 0 aromatic heterocycles. The molecular formula is C17H13F3N2O3. The summed E-state index contributed by atoms with van der Waals surface area (Å²) in [5.41, 5.74) is 1.86. The molecule has 130 valence electrons. The Morgan fingerprint density at radius 1 is 1.08 bits per heavy atom. The van der Waals surface area contributed by atoms with Crippen LogP contribution in [0.1, 0.15) is 21.5 Å². The van der Waals surface area contributed by atoms with Crippen LogP contribution in [-0.4, -0.2) is 18.2 Å². The average molecular weight is 350 g/mol. The van der Waals surface area contributed by atoms with Gasteiger partial charge in [-0.15, -0.1) is 0 Å². The number of hydrogen-bond donors (Lipinski definition) is 2. The van der Waals surface area contributed by atoms with Crippen LogP contribution >= 0.6 is 0 Å². The number of amides is 2. The normalized spacial score (nSPS) is 13.2. The van der Waals surface area contributed by atoms with E-state index in [-0.39, 0.29) is 17.9 Å². The van der Waals surface area contributed by atoms with Gasteiger partial charge in [0.05, 0.1) is 12.0 Å². The standard InChI is InChI=1S/C17H13F3N2O3/c18-17(19,20)8-10-2-1-3-12(6-10)21-16(24)22-13-4-5-14-11(7-13)9-25-15(14)23/h1-7H,8-9H2,(H2,21,22,24). The van der Waals surface area contributed by atoms with Crippen molar-refractivity contribution in [1.82, 2.24) is 0 Å². The highest BCUT2D eigenvalue weighted by molar-refractivity contribution is 6.00. The Balaban J connectivity index is 1.65. The first kappa shape index (κ1) is 16.8. The minimum absolute atomic E-state index is 0.0542. The van der Waals surface area contributed by atoms with Gasteiger partial charge in [-0.3, -0.25) is 0 Å². The van der Waals surface area contributed by atoms with Crippen molar-refractivity contribution in [2.45, 2.75) is 19.2 Å². The summed E-state index contributed by atoms with van der Waals surface area (Å²) in [5, 5.41) is 5.04. The van der Waals surface area contributed by atoms with Crippen molar-refractivity contribution in [2.75, 3.05) is 10.6 Å². The predicted molar refractivity (Wildman–Crippen MR) is 84.4 cm³/mol. The lowest BCUT2D eigenvalue weighted by Crippen LogP contribution is -2.20. The van der Waals surface area contributed by atoms with E-state index >= 15 is 0 Å². The van der Waals surface area contributed by atoms with E-state index < -0.39 is 24.6 Å². The molecule has 1 aliphatic heterocycles. The number of halogens is 3. The number of urea groups is 1. The number of hydrogen-bond acceptors (Lipinski definition) is 3. The second-order valence-corrected chi connectivity index (χ2v) is 5.52. The van der Waals surface area contributed by atoms with E-state index in [4.69, 9.17) is 4.74 Å². The van der Waals surface area contributed by atoms with E-state index in [1.54, 1.807) is 18.2 Å². The van der Waals surface area contributed by atoms with Gasteiger partial charge in [-0.25, -0.2) is 9.59 Å². The highest BCUT2D eigenvalue weighted by Gasteiger charge is 2.27. The zero-order valence-electron chi connectivity index (χ0n) is 12.8. The Hall–Kier alpha value is -3.03. The van der Waals surface area contributed by atoms with Gasteiger partial charge in [-0.05, 0) is 35.9 Å². The Kier molecular flexibility index (Phi) is 4.35. The molecule has 2 amide bonds. The molecule has 0 saturated heterocycles. The molecule has 2 N–H and O–H groups in total. The summed E-state index contributed by atoms with van der Waals surface area (Å²) in [5.74, 6) is -0.410. The van der Waals surface area contributed by atoms with Crippen LogP contribution in [-0.2, 0) is 17.8 Å². The lowest BCUT2D eigenvalue weighted by molar-refractivity contribution is -0.127. The number of ether oxygens (including phenoxy) is 1. The molecule has 2 aromatic carbocycles. The van der Waals surface area contributed by atoms with Gasteiger partial charge >= 0.3 is 18.2 Å². The predicted octanol–water partition coefficient (Wildman–Crippen LogP) is 4.11. The molecule has 3 rings (SSSR count). The Morgan fingerprint density at radius 2 is 1.80 bits per heavy atom. The number of rotatable bonds is 3. The van der Waals surface area contributed by atoms with Crippen molar-refractivity contribution in [1.29, 1.82) is 0 Å². The average Bonchev–Trinajstić information content (AvgIpc) is 2.86. The van der Waals surface area contributed by atoms with Crippen molar-refractivity contribution in [3.05, 3.63) is 59.2 Å². The van der Waals surface area contributed by atoms with Crippen LogP contribution in [0.2, 0.25) is 0 Å². The molecule has 0 aliphatic carbocycles. The second kappa shape index (κ2) is 6.46. The molecule has 5 nitrogen and oxygen atoms in total. The SMILES string of the molecule is O=C(Nc1cccc(CC(F)(F)F)c1)Nc1ccc2c(c1)COC2=O. The number of fused-ring (bicyclic) bond motifs is 1. The molecule has 0 unspecified atom stereocenters. The van der Waals surface area contributed by atoms with Crippen LogP contribution in [0.25, 0.3) is 0 Å². The lowest BCUT2D eigenvalue weighted by atomic mass is 10.1. The van der Waals surface area contributed by atoms with Crippen molar-refractivity contribution < 1.29 is 27.5 Å². The molecule has 0 radical (unpaired) electrons. The number of nitrogens with one attached hydrogen (secondary N) is 2. The van der Waals surface area contributed by atoms with Crippen molar-refractivity contribution >= 4 is 23.4 Å². The summed E-state index contributed by atoms with van der Waals surface area (Å²) < 4.78 is 42.2. The van der Waals surface area contributed by atoms with Gasteiger partial charge in [0.2, 0.25) is 0 Å². The Bertz CT molecular complexity index is 834. The third-order valence-corrected chi connectivity index (χ3v) is 3.53. The zero-order chi connectivity index (χ0) is 18.0. The number of cyclic esters (lactones) is 1. The van der Waals surface area contributed by atoms with E-state index in [0.29, 0.717) is 16.8 Å². The van der Waals surface area contributed by atoms with E-state index in [1.165, 1.54) is 24.3 Å². The maximum atomic E-state index is 12.4. The van der Waals surface area contributed by atoms with Gasteiger partial charge in [0.1, 0.15) is 6.61 Å². The number of anilines is 2. The van der Waals surface area contributed by atoms with Gasteiger partial charge in [0.25, 0.3) is 0 Å². The molecule has 25 heavy (non-hydrogen) atoms. The van der Waals surface area contributed by atoms with Gasteiger partial charge in [0, 0.05) is 16.9 Å². The number of carbonyl (C=O) groups is 2. The summed E-state index contributed by atoms with van der Waals surface area (Å²) in [6.45, 7) is 0.144. The van der Waals surface area contributed by atoms with Crippen molar-refractivity contribution in [2.24, 2.45) is 0 Å². The van der Waals surface area contributed by atoms with Crippen molar-refractivity contribution in [3.8, 4) is 0 Å². The summed E-state index contributed by atoms with van der Waals surface area (Å²) >= 11 is 0. The van der Waals surface area contributed by atoms with Gasteiger partial charge in [-0.2, -0.15) is 13.2 Å². The molecule has 0 fully saturated rings. The van der Waals surface area contributed by atoms with Gasteiger partial charge < -0.3 is 15.4 Å². The number of carbonyl (C=O) groups excluding carboxylic acids is 2. The fourth-order valence-electron chi connectivity index (χ4n) is 2.50. The Morgan fingerprint density at radius 3 is 2.52 bits per heavy atom. The first-order valence-electron chi connectivity index (χ1n) is 7.34. The molecular weight excluding hydrogens is 337 g/mol. The number of benzene rings is 2. The molecule has 8 heteroatoms. The maximum Gasteiger partial charge on any atom is 0.393 e. The van der Waals surface area contributed by atoms with Crippen LogP contribution in [0.15, 0.2) is 42.5 Å². The third kappa shape index (κ3) is 4.28. The first-order chi connectivity index (χ1) is 11.8. The molecule has 0 spiro atoms. The molecule has 1 aliphatic rings. The smallest absolute Gasteiger partial charge is 0.393 e. The molecule has 2 aromatic rings. The third-order valence-electron chi connectivity index (χ3n) is 3.53. The largest absolute Gasteiger partial charge is 0.457 e. The zero-order valence-corrected chi connectivity index (χ0v) is 12.8. The molecule has 0 saturated carbocycles. The highest BCUT2D eigenvalue weighted by atomic mass is 19.4. The lowest BCUT2D eigenvalue weighted by Gasteiger charge is -2.10. The number of esters is 1. The quantitative estimate of drug-likeness (QED) is 0.819. The van der Waals surface area contributed by atoms with Crippen LogP contribution in [0.4, 0.5) is 29.3 Å². The minimum Gasteiger partial charge on any atom is -0.457 e. The first-order valence-corrected chi connectivity index (χ1v) is 7.34. The summed E-state index contributed by atoms with van der Waals surface area (Å²) in [4.78, 5) is 23.4. The molecule has 0 bridgehead atoms.